The Morgan fingerprint density at radius 3 is 2.69 bits per heavy atom. The van der Waals surface area contributed by atoms with Crippen molar-refractivity contribution in [1.82, 2.24) is 19.6 Å². The van der Waals surface area contributed by atoms with E-state index < -0.39 is 17.8 Å². The number of amides is 1. The fraction of sp³-hybridized carbons (Fsp3) is 0.333. The van der Waals surface area contributed by atoms with E-state index >= 15 is 0 Å². The van der Waals surface area contributed by atoms with Crippen LogP contribution in [0.25, 0.3) is 5.65 Å². The molecule has 2 heterocycles. The monoisotopic (exact) mass is 408 g/mol. The second-order valence-corrected chi connectivity index (χ2v) is 6.63. The Labute approximate surface area is 164 Å². The minimum Gasteiger partial charge on any atom is -0.447 e. The number of hydrogen-bond donors (Lipinski definition) is 2. The summed E-state index contributed by atoms with van der Waals surface area (Å²) in [6, 6.07) is 3.83. The largest absolute Gasteiger partial charge is 0.447 e. The molecule has 0 saturated carbocycles. The molecule has 0 fully saturated rings. The number of nitrogens with zero attached hydrogens (tertiary/aromatic N) is 4. The number of aromatic nitrogens is 4. The predicted octanol–water partition coefficient (Wildman–Crippen LogP) is 4.02. The Hall–Kier alpha value is -3.37. The molecule has 3 rings (SSSR count). The van der Waals surface area contributed by atoms with Gasteiger partial charge in [-0.25, -0.2) is 9.78 Å². The van der Waals surface area contributed by atoms with E-state index in [1.807, 2.05) is 0 Å². The van der Waals surface area contributed by atoms with Crippen LogP contribution in [0.1, 0.15) is 30.5 Å². The number of anilines is 2. The summed E-state index contributed by atoms with van der Waals surface area (Å²) in [4.78, 5) is 15.9. The van der Waals surface area contributed by atoms with Gasteiger partial charge in [-0.2, -0.15) is 13.2 Å². The minimum absolute atomic E-state index is 0.0996. The van der Waals surface area contributed by atoms with Gasteiger partial charge in [-0.3, -0.25) is 9.72 Å². The van der Waals surface area contributed by atoms with Crippen LogP contribution in [0.2, 0.25) is 0 Å². The standard InChI is InChI=1S/C18H19F3N6O2/c1-10(2)29-17(28)24-16-26-25-15-14(22-4-5-27(15)16)23-9-12-6-11(3)7-13(8-12)18(19,20)21/h4-8,10H,9H2,1-3H3,(H,22,23)(H,24,26,28). The summed E-state index contributed by atoms with van der Waals surface area (Å²) in [5.74, 6) is 0.436. The van der Waals surface area contributed by atoms with Gasteiger partial charge in [-0.1, -0.05) is 11.6 Å². The van der Waals surface area contributed by atoms with Crippen molar-refractivity contribution in [1.29, 1.82) is 0 Å². The molecule has 0 aliphatic heterocycles. The molecule has 3 aromatic rings. The van der Waals surface area contributed by atoms with E-state index in [1.165, 1.54) is 10.6 Å². The van der Waals surface area contributed by atoms with Crippen molar-refractivity contribution in [3.05, 3.63) is 47.3 Å². The fourth-order valence-electron chi connectivity index (χ4n) is 2.69. The Balaban J connectivity index is 1.80. The molecule has 0 unspecified atom stereocenters. The molecule has 11 heteroatoms. The Bertz CT molecular complexity index is 1030. The van der Waals surface area contributed by atoms with Crippen molar-refractivity contribution in [2.45, 2.75) is 39.6 Å². The van der Waals surface area contributed by atoms with Crippen LogP contribution in [0, 0.1) is 6.92 Å². The maximum atomic E-state index is 13.0. The van der Waals surface area contributed by atoms with Gasteiger partial charge < -0.3 is 10.1 Å². The van der Waals surface area contributed by atoms with Gasteiger partial charge >= 0.3 is 12.3 Å². The number of aryl methyl sites for hydroxylation is 1. The molecular formula is C18H19F3N6O2. The lowest BCUT2D eigenvalue weighted by atomic mass is 10.1. The molecule has 29 heavy (non-hydrogen) atoms. The van der Waals surface area contributed by atoms with Crippen molar-refractivity contribution in [2.24, 2.45) is 0 Å². The number of benzene rings is 1. The van der Waals surface area contributed by atoms with E-state index in [1.54, 1.807) is 33.0 Å². The summed E-state index contributed by atoms with van der Waals surface area (Å²) in [7, 11) is 0. The summed E-state index contributed by atoms with van der Waals surface area (Å²) in [5.41, 5.74) is 0.536. The van der Waals surface area contributed by atoms with Crippen LogP contribution in [0.3, 0.4) is 0 Å². The van der Waals surface area contributed by atoms with Crippen LogP contribution in [0.15, 0.2) is 30.6 Å². The van der Waals surface area contributed by atoms with Gasteiger partial charge in [-0.15, -0.1) is 10.2 Å². The first kappa shape index (κ1) is 20.4. The van der Waals surface area contributed by atoms with Crippen LogP contribution < -0.4 is 10.6 Å². The molecule has 0 bridgehead atoms. The molecule has 0 radical (unpaired) electrons. The molecule has 0 atom stereocenters. The van der Waals surface area contributed by atoms with Crippen molar-refractivity contribution in [3.63, 3.8) is 0 Å². The third-order valence-corrected chi connectivity index (χ3v) is 3.81. The summed E-state index contributed by atoms with van der Waals surface area (Å²) in [6.45, 7) is 5.12. The Morgan fingerprint density at radius 1 is 1.24 bits per heavy atom. The summed E-state index contributed by atoms with van der Waals surface area (Å²) < 4.78 is 45.5. The number of nitrogens with one attached hydrogen (secondary N) is 2. The molecule has 0 spiro atoms. The number of hydrogen-bond acceptors (Lipinski definition) is 6. The van der Waals surface area contributed by atoms with Gasteiger partial charge in [0, 0.05) is 18.9 Å². The van der Waals surface area contributed by atoms with Gasteiger partial charge in [0.1, 0.15) is 0 Å². The fourth-order valence-corrected chi connectivity index (χ4v) is 2.69. The average molecular weight is 408 g/mol. The lowest BCUT2D eigenvalue weighted by molar-refractivity contribution is -0.137. The Kier molecular flexibility index (Phi) is 5.57. The van der Waals surface area contributed by atoms with Crippen LogP contribution in [-0.2, 0) is 17.5 Å². The molecule has 0 aliphatic carbocycles. The quantitative estimate of drug-likeness (QED) is 0.662. The van der Waals surface area contributed by atoms with Crippen molar-refractivity contribution in [3.8, 4) is 0 Å². The number of rotatable bonds is 5. The van der Waals surface area contributed by atoms with Gasteiger partial charge in [0.05, 0.1) is 11.7 Å². The lowest BCUT2D eigenvalue weighted by Crippen LogP contribution is -2.19. The molecule has 1 aromatic carbocycles. The number of ether oxygens (including phenoxy) is 1. The Morgan fingerprint density at radius 2 is 2.00 bits per heavy atom. The zero-order valence-electron chi connectivity index (χ0n) is 15.9. The molecule has 8 nitrogen and oxygen atoms in total. The third kappa shape index (κ3) is 4.92. The van der Waals surface area contributed by atoms with E-state index in [-0.39, 0.29) is 18.6 Å². The molecule has 0 saturated heterocycles. The highest BCUT2D eigenvalue weighted by Gasteiger charge is 2.30. The van der Waals surface area contributed by atoms with E-state index in [2.05, 4.69) is 25.8 Å². The minimum atomic E-state index is -4.42. The molecule has 0 aliphatic rings. The van der Waals surface area contributed by atoms with Crippen LogP contribution in [0.5, 0.6) is 0 Å². The summed E-state index contributed by atoms with van der Waals surface area (Å²) in [6.07, 6.45) is -2.41. The number of carbonyl (C=O) groups excluding carboxylic acids is 1. The van der Waals surface area contributed by atoms with Crippen molar-refractivity contribution < 1.29 is 22.7 Å². The number of fused-ring (bicyclic) bond motifs is 1. The van der Waals surface area contributed by atoms with Crippen LogP contribution in [-0.4, -0.2) is 31.8 Å². The maximum absolute atomic E-state index is 13.0. The number of halogens is 3. The zero-order valence-corrected chi connectivity index (χ0v) is 15.9. The molecular weight excluding hydrogens is 389 g/mol. The van der Waals surface area contributed by atoms with Gasteiger partial charge in [-0.05, 0) is 38.5 Å². The average Bonchev–Trinajstić information content (AvgIpc) is 3.01. The second-order valence-electron chi connectivity index (χ2n) is 6.63. The third-order valence-electron chi connectivity index (χ3n) is 3.81. The lowest BCUT2D eigenvalue weighted by Gasteiger charge is -2.12. The molecule has 2 N–H and O–H groups in total. The highest BCUT2D eigenvalue weighted by molar-refractivity contribution is 5.83. The highest BCUT2D eigenvalue weighted by atomic mass is 19.4. The highest BCUT2D eigenvalue weighted by Crippen LogP contribution is 2.30. The van der Waals surface area contributed by atoms with Gasteiger partial charge in [0.2, 0.25) is 11.6 Å². The molecule has 2 aromatic heterocycles. The van der Waals surface area contributed by atoms with E-state index in [0.717, 1.165) is 12.1 Å². The van der Waals surface area contributed by atoms with E-state index in [0.29, 0.717) is 22.6 Å². The first-order chi connectivity index (χ1) is 13.6. The second kappa shape index (κ2) is 7.94. The van der Waals surface area contributed by atoms with Crippen LogP contribution in [0.4, 0.5) is 29.7 Å². The van der Waals surface area contributed by atoms with Gasteiger partial charge in [0.25, 0.3) is 0 Å². The molecule has 1 amide bonds. The first-order valence-electron chi connectivity index (χ1n) is 8.72. The zero-order chi connectivity index (χ0) is 21.2. The first-order valence-corrected chi connectivity index (χ1v) is 8.72. The van der Waals surface area contributed by atoms with Gasteiger partial charge in [0.15, 0.2) is 5.82 Å². The van der Waals surface area contributed by atoms with E-state index in [4.69, 9.17) is 4.74 Å². The topological polar surface area (TPSA) is 93.4 Å². The number of carbonyl (C=O) groups is 1. The summed E-state index contributed by atoms with van der Waals surface area (Å²) in [5, 5.41) is 13.3. The maximum Gasteiger partial charge on any atom is 0.416 e. The van der Waals surface area contributed by atoms with Crippen molar-refractivity contribution in [2.75, 3.05) is 10.6 Å². The van der Waals surface area contributed by atoms with Crippen LogP contribution >= 0.6 is 0 Å². The smallest absolute Gasteiger partial charge is 0.416 e. The summed E-state index contributed by atoms with van der Waals surface area (Å²) >= 11 is 0. The predicted molar refractivity (Wildman–Crippen MR) is 99.5 cm³/mol. The van der Waals surface area contributed by atoms with Crippen molar-refractivity contribution >= 4 is 23.5 Å². The SMILES string of the molecule is Cc1cc(CNc2nccn3c(NC(=O)OC(C)C)nnc23)cc(C(F)(F)F)c1. The number of alkyl halides is 3. The van der Waals surface area contributed by atoms with E-state index in [9.17, 15) is 18.0 Å². The normalized spacial score (nSPS) is 11.7. The molecule has 154 valence electrons.